The topological polar surface area (TPSA) is 61.2 Å². The van der Waals surface area contributed by atoms with Crippen LogP contribution in [-0.4, -0.2) is 44.4 Å². The van der Waals surface area contributed by atoms with E-state index in [9.17, 15) is 0 Å². The Morgan fingerprint density at radius 2 is 2.59 bits per heavy atom. The van der Waals surface area contributed by atoms with Crippen LogP contribution in [0.25, 0.3) is 0 Å². The lowest BCUT2D eigenvalue weighted by atomic mass is 10.2. The number of anilines is 1. The first-order chi connectivity index (χ1) is 8.35. The third-order valence-corrected chi connectivity index (χ3v) is 2.83. The minimum atomic E-state index is 0.167. The molecule has 17 heavy (non-hydrogen) atoms. The summed E-state index contributed by atoms with van der Waals surface area (Å²) in [4.78, 5) is 6.25. The molecule has 0 aromatic carbocycles. The van der Waals surface area contributed by atoms with Crippen LogP contribution in [0.2, 0.25) is 0 Å². The molecule has 1 aromatic heterocycles. The number of nitrogens with one attached hydrogen (secondary N) is 1. The second kappa shape index (κ2) is 5.62. The lowest BCUT2D eigenvalue weighted by Gasteiger charge is -2.34. The fourth-order valence-corrected chi connectivity index (χ4v) is 2.02. The van der Waals surface area contributed by atoms with E-state index in [0.29, 0.717) is 12.2 Å². The molecule has 1 aromatic rings. The molecule has 0 aliphatic carbocycles. The van der Waals surface area contributed by atoms with Crippen LogP contribution >= 0.6 is 0 Å². The van der Waals surface area contributed by atoms with Crippen molar-refractivity contribution in [2.45, 2.75) is 6.10 Å². The molecule has 90 valence electrons. The molecule has 1 unspecified atom stereocenters. The smallest absolute Gasteiger partial charge is 0.101 e. The number of aromatic nitrogens is 1. The van der Waals surface area contributed by atoms with Crippen LogP contribution in [0.5, 0.6) is 0 Å². The summed E-state index contributed by atoms with van der Waals surface area (Å²) in [5.41, 5.74) is 1.57. The van der Waals surface area contributed by atoms with Crippen LogP contribution in [0.3, 0.4) is 0 Å². The van der Waals surface area contributed by atoms with Gasteiger partial charge in [-0.25, -0.2) is 0 Å². The number of ether oxygens (including phenoxy) is 1. The Labute approximate surface area is 101 Å². The van der Waals surface area contributed by atoms with Crippen LogP contribution in [0.4, 0.5) is 5.69 Å². The predicted octanol–water partition coefficient (Wildman–Crippen LogP) is 0.378. The third-order valence-electron chi connectivity index (χ3n) is 2.83. The van der Waals surface area contributed by atoms with Gasteiger partial charge in [0.25, 0.3) is 0 Å². The van der Waals surface area contributed by atoms with Crippen LogP contribution < -0.4 is 10.2 Å². The van der Waals surface area contributed by atoms with Gasteiger partial charge in [-0.2, -0.15) is 5.26 Å². The van der Waals surface area contributed by atoms with Crippen molar-refractivity contribution in [3.63, 3.8) is 0 Å². The highest BCUT2D eigenvalue weighted by molar-refractivity contribution is 5.57. The van der Waals surface area contributed by atoms with Crippen molar-refractivity contribution in [1.82, 2.24) is 10.3 Å². The molecule has 0 bridgehead atoms. The number of rotatable bonds is 3. The van der Waals surface area contributed by atoms with Gasteiger partial charge in [0.1, 0.15) is 6.07 Å². The first-order valence-corrected chi connectivity index (χ1v) is 5.70. The molecule has 1 N–H and O–H groups in total. The molecule has 5 heteroatoms. The summed E-state index contributed by atoms with van der Waals surface area (Å²) >= 11 is 0. The van der Waals surface area contributed by atoms with Gasteiger partial charge in [0.05, 0.1) is 30.2 Å². The van der Waals surface area contributed by atoms with E-state index < -0.39 is 0 Å². The van der Waals surface area contributed by atoms with Gasteiger partial charge in [-0.3, -0.25) is 4.98 Å². The number of likely N-dealkylation sites (N-methyl/N-ethyl adjacent to an activating group) is 1. The Balaban J connectivity index is 2.14. The molecule has 0 radical (unpaired) electrons. The molecule has 5 nitrogen and oxygen atoms in total. The SMILES string of the molecule is CNCC1CN(c2cnccc2C#N)CCO1. The standard InChI is InChI=1S/C12H16N4O/c1-14-7-11-9-16(4-5-17-11)12-8-15-3-2-10(12)6-13/h2-3,8,11,14H,4-5,7,9H2,1H3. The fourth-order valence-electron chi connectivity index (χ4n) is 2.02. The van der Waals surface area contributed by atoms with E-state index in [2.05, 4.69) is 21.3 Å². The second-order valence-corrected chi connectivity index (χ2v) is 4.00. The van der Waals surface area contributed by atoms with Gasteiger partial charge in [0.2, 0.25) is 0 Å². The summed E-state index contributed by atoms with van der Waals surface area (Å²) in [6.07, 6.45) is 3.56. The quantitative estimate of drug-likeness (QED) is 0.816. The van der Waals surface area contributed by atoms with Crippen molar-refractivity contribution in [2.75, 3.05) is 38.2 Å². The van der Waals surface area contributed by atoms with Crippen molar-refractivity contribution in [1.29, 1.82) is 5.26 Å². The predicted molar refractivity (Wildman–Crippen MR) is 64.8 cm³/mol. The molecule has 0 amide bonds. The highest BCUT2D eigenvalue weighted by atomic mass is 16.5. The molecular weight excluding hydrogens is 216 g/mol. The summed E-state index contributed by atoms with van der Waals surface area (Å²) in [7, 11) is 1.91. The first-order valence-electron chi connectivity index (χ1n) is 5.70. The zero-order chi connectivity index (χ0) is 12.1. The largest absolute Gasteiger partial charge is 0.373 e. The third kappa shape index (κ3) is 2.73. The number of hydrogen-bond acceptors (Lipinski definition) is 5. The van der Waals surface area contributed by atoms with Gasteiger partial charge in [-0.1, -0.05) is 0 Å². The second-order valence-electron chi connectivity index (χ2n) is 4.00. The normalized spacial score (nSPS) is 20.0. The summed E-state index contributed by atoms with van der Waals surface area (Å²) in [5.74, 6) is 0. The van der Waals surface area contributed by atoms with Crippen LogP contribution in [-0.2, 0) is 4.74 Å². The summed E-state index contributed by atoms with van der Waals surface area (Å²) < 4.78 is 5.64. The van der Waals surface area contributed by atoms with Crippen LogP contribution in [0.15, 0.2) is 18.5 Å². The van der Waals surface area contributed by atoms with Gasteiger partial charge in [-0.05, 0) is 13.1 Å². The van der Waals surface area contributed by atoms with Crippen LogP contribution in [0.1, 0.15) is 5.56 Å². The molecule has 1 fully saturated rings. The number of nitriles is 1. The Hall–Kier alpha value is -1.64. The van der Waals surface area contributed by atoms with Gasteiger partial charge >= 0.3 is 0 Å². The molecule has 0 spiro atoms. The van der Waals surface area contributed by atoms with Gasteiger partial charge < -0.3 is 15.0 Å². The maximum absolute atomic E-state index is 9.07. The zero-order valence-electron chi connectivity index (χ0n) is 9.89. The van der Waals surface area contributed by atoms with E-state index >= 15 is 0 Å². The molecule has 2 rings (SSSR count). The molecule has 1 aliphatic rings. The number of hydrogen-bond donors (Lipinski definition) is 1. The van der Waals surface area contributed by atoms with E-state index in [1.165, 1.54) is 0 Å². The van der Waals surface area contributed by atoms with Crippen molar-refractivity contribution < 1.29 is 4.74 Å². The van der Waals surface area contributed by atoms with Gasteiger partial charge in [0.15, 0.2) is 0 Å². The summed E-state index contributed by atoms with van der Waals surface area (Å²) in [5, 5.41) is 12.2. The van der Waals surface area contributed by atoms with Gasteiger partial charge in [-0.15, -0.1) is 0 Å². The van der Waals surface area contributed by atoms with Crippen molar-refractivity contribution >= 4 is 5.69 Å². The molecule has 1 atom stereocenters. The Morgan fingerprint density at radius 1 is 1.71 bits per heavy atom. The lowest BCUT2D eigenvalue weighted by molar-refractivity contribution is 0.0421. The Bertz CT molecular complexity index is 413. The average molecular weight is 232 g/mol. The summed E-state index contributed by atoms with van der Waals surface area (Å²) in [6.45, 7) is 3.10. The van der Waals surface area contributed by atoms with Crippen molar-refractivity contribution in [3.05, 3.63) is 24.0 Å². The molecule has 1 saturated heterocycles. The van der Waals surface area contributed by atoms with Gasteiger partial charge in [0, 0.05) is 25.8 Å². The number of pyridine rings is 1. The van der Waals surface area contributed by atoms with E-state index in [4.69, 9.17) is 10.00 Å². The van der Waals surface area contributed by atoms with Crippen molar-refractivity contribution in [3.8, 4) is 6.07 Å². The van der Waals surface area contributed by atoms with E-state index in [1.807, 2.05) is 7.05 Å². The minimum absolute atomic E-state index is 0.167. The fraction of sp³-hybridized carbons (Fsp3) is 0.500. The molecule has 0 saturated carbocycles. The average Bonchev–Trinajstić information content (AvgIpc) is 2.39. The van der Waals surface area contributed by atoms with Crippen LogP contribution in [0, 0.1) is 11.3 Å². The highest BCUT2D eigenvalue weighted by Crippen LogP contribution is 2.20. The zero-order valence-corrected chi connectivity index (χ0v) is 9.89. The van der Waals surface area contributed by atoms with E-state index in [0.717, 1.165) is 25.3 Å². The first kappa shape index (κ1) is 11.8. The maximum atomic E-state index is 9.07. The molecular formula is C12H16N4O. The van der Waals surface area contributed by atoms with Crippen molar-refractivity contribution in [2.24, 2.45) is 0 Å². The Morgan fingerprint density at radius 3 is 3.35 bits per heavy atom. The highest BCUT2D eigenvalue weighted by Gasteiger charge is 2.21. The minimum Gasteiger partial charge on any atom is -0.373 e. The Kier molecular flexibility index (Phi) is 3.91. The summed E-state index contributed by atoms with van der Waals surface area (Å²) in [6, 6.07) is 3.95. The number of nitrogens with zero attached hydrogens (tertiary/aromatic N) is 3. The molecule has 1 aliphatic heterocycles. The number of morpholine rings is 1. The lowest BCUT2D eigenvalue weighted by Crippen LogP contribution is -2.46. The monoisotopic (exact) mass is 232 g/mol. The van der Waals surface area contributed by atoms with E-state index in [-0.39, 0.29) is 6.10 Å². The maximum Gasteiger partial charge on any atom is 0.101 e. The molecule has 2 heterocycles. The van der Waals surface area contributed by atoms with E-state index in [1.54, 1.807) is 18.5 Å².